The van der Waals surface area contributed by atoms with Crippen molar-refractivity contribution in [2.45, 2.75) is 25.2 Å². The third-order valence-corrected chi connectivity index (χ3v) is 2.37. The molecule has 13 heavy (non-hydrogen) atoms. The maximum Gasteiger partial charge on any atom is 0.260 e. The van der Waals surface area contributed by atoms with Gasteiger partial charge in [0.1, 0.15) is 0 Å². The fourth-order valence-corrected chi connectivity index (χ4v) is 1.72. The molecule has 0 aromatic carbocycles. The van der Waals surface area contributed by atoms with Crippen LogP contribution in [0.5, 0.6) is 0 Å². The summed E-state index contributed by atoms with van der Waals surface area (Å²) in [5.74, 6) is -2.45. The van der Waals surface area contributed by atoms with E-state index >= 15 is 0 Å². The Labute approximate surface area is 78.3 Å². The zero-order valence-corrected chi connectivity index (χ0v) is 8.15. The topological polar surface area (TPSA) is 15.3 Å². The number of piperidine rings is 1. The Hall–Kier alpha value is -0.220. The lowest BCUT2D eigenvalue weighted by atomic mass is 10.1. The summed E-state index contributed by atoms with van der Waals surface area (Å²) in [5.41, 5.74) is 0. The summed E-state index contributed by atoms with van der Waals surface area (Å²) in [5, 5.41) is 3.01. The molecular weight excluding hydrogens is 174 g/mol. The van der Waals surface area contributed by atoms with Gasteiger partial charge >= 0.3 is 0 Å². The molecule has 2 nitrogen and oxygen atoms in total. The number of likely N-dealkylation sites (tertiary alicyclic amines) is 1. The van der Waals surface area contributed by atoms with Crippen LogP contribution in [0.2, 0.25) is 0 Å². The highest BCUT2D eigenvalue weighted by Gasteiger charge is 2.34. The second kappa shape index (κ2) is 4.86. The molecule has 1 saturated heterocycles. The van der Waals surface area contributed by atoms with Crippen molar-refractivity contribution in [3.8, 4) is 0 Å². The van der Waals surface area contributed by atoms with Gasteiger partial charge in [-0.15, -0.1) is 0 Å². The first kappa shape index (κ1) is 10.9. The first-order valence-electron chi connectivity index (χ1n) is 4.89. The number of hydrogen-bond donors (Lipinski definition) is 1. The van der Waals surface area contributed by atoms with Crippen molar-refractivity contribution < 1.29 is 8.78 Å². The van der Waals surface area contributed by atoms with E-state index in [0.717, 1.165) is 26.1 Å². The molecule has 1 heterocycles. The van der Waals surface area contributed by atoms with Crippen LogP contribution in [0.15, 0.2) is 0 Å². The zero-order chi connectivity index (χ0) is 9.73. The molecule has 0 atom stereocenters. The fourth-order valence-electron chi connectivity index (χ4n) is 1.72. The number of alkyl halides is 2. The average molecular weight is 192 g/mol. The van der Waals surface area contributed by atoms with Crippen molar-refractivity contribution in [1.29, 1.82) is 0 Å². The van der Waals surface area contributed by atoms with Crippen molar-refractivity contribution >= 4 is 0 Å². The minimum absolute atomic E-state index is 0.0449. The molecular formula is C9H18F2N2. The lowest BCUT2D eigenvalue weighted by Gasteiger charge is -2.32. The van der Waals surface area contributed by atoms with Gasteiger partial charge in [-0.1, -0.05) is 0 Å². The van der Waals surface area contributed by atoms with E-state index in [-0.39, 0.29) is 13.0 Å². The predicted molar refractivity (Wildman–Crippen MR) is 49.2 cm³/mol. The van der Waals surface area contributed by atoms with Crippen LogP contribution in [-0.4, -0.2) is 44.0 Å². The van der Waals surface area contributed by atoms with Gasteiger partial charge in [0.05, 0.1) is 6.54 Å². The monoisotopic (exact) mass is 192 g/mol. The molecule has 0 amide bonds. The van der Waals surface area contributed by atoms with Gasteiger partial charge in [-0.3, -0.25) is 4.90 Å². The summed E-state index contributed by atoms with van der Waals surface area (Å²) >= 11 is 0. The summed E-state index contributed by atoms with van der Waals surface area (Å²) in [6.45, 7) is 2.48. The number of halogens is 2. The molecule has 1 aliphatic heterocycles. The van der Waals surface area contributed by atoms with Crippen molar-refractivity contribution in [1.82, 2.24) is 10.2 Å². The summed E-state index contributed by atoms with van der Waals surface area (Å²) < 4.78 is 25.8. The molecule has 0 aromatic rings. The SMILES string of the molecule is CNCCCN1CCCC(F)(F)C1. The van der Waals surface area contributed by atoms with Gasteiger partial charge in [-0.05, 0) is 39.5 Å². The van der Waals surface area contributed by atoms with Crippen LogP contribution in [0.1, 0.15) is 19.3 Å². The highest BCUT2D eigenvalue weighted by Crippen LogP contribution is 2.26. The van der Waals surface area contributed by atoms with E-state index in [9.17, 15) is 8.78 Å². The molecule has 78 valence electrons. The van der Waals surface area contributed by atoms with Gasteiger partial charge in [-0.25, -0.2) is 8.78 Å². The highest BCUT2D eigenvalue weighted by atomic mass is 19.3. The van der Waals surface area contributed by atoms with E-state index < -0.39 is 5.92 Å². The van der Waals surface area contributed by atoms with Crippen LogP contribution in [0.4, 0.5) is 8.78 Å². The molecule has 0 aromatic heterocycles. The molecule has 1 aliphatic rings. The summed E-state index contributed by atoms with van der Waals surface area (Å²) in [7, 11) is 1.88. The largest absolute Gasteiger partial charge is 0.320 e. The summed E-state index contributed by atoms with van der Waals surface area (Å²) in [4.78, 5) is 1.86. The maximum absolute atomic E-state index is 12.9. The normalized spacial score (nSPS) is 23.3. The van der Waals surface area contributed by atoms with E-state index in [4.69, 9.17) is 0 Å². The first-order chi connectivity index (χ1) is 6.14. The van der Waals surface area contributed by atoms with Gasteiger partial charge in [-0.2, -0.15) is 0 Å². The van der Waals surface area contributed by atoms with Crippen molar-refractivity contribution in [2.75, 3.05) is 33.2 Å². The summed E-state index contributed by atoms with van der Waals surface area (Å²) in [6, 6.07) is 0. The first-order valence-corrected chi connectivity index (χ1v) is 4.89. The minimum Gasteiger partial charge on any atom is -0.320 e. The molecule has 4 heteroatoms. The molecule has 1 fully saturated rings. The van der Waals surface area contributed by atoms with Crippen LogP contribution in [0, 0.1) is 0 Å². The van der Waals surface area contributed by atoms with Crippen molar-refractivity contribution in [3.05, 3.63) is 0 Å². The number of nitrogens with one attached hydrogen (secondary N) is 1. The Morgan fingerprint density at radius 1 is 1.46 bits per heavy atom. The third-order valence-electron chi connectivity index (χ3n) is 2.37. The third kappa shape index (κ3) is 4.00. The lowest BCUT2D eigenvalue weighted by Crippen LogP contribution is -2.43. The molecule has 1 rings (SSSR count). The smallest absolute Gasteiger partial charge is 0.260 e. The van der Waals surface area contributed by atoms with Gasteiger partial charge in [0.15, 0.2) is 0 Å². The minimum atomic E-state index is -2.45. The molecule has 0 aliphatic carbocycles. The Kier molecular flexibility index (Phi) is 4.06. The molecule has 0 spiro atoms. The standard InChI is InChI=1S/C9H18F2N2/c1-12-5-3-7-13-6-2-4-9(10,11)8-13/h12H,2-8H2,1H3. The van der Waals surface area contributed by atoms with Gasteiger partial charge < -0.3 is 5.32 Å². The Bertz CT molecular complexity index is 151. The molecule has 0 bridgehead atoms. The Morgan fingerprint density at radius 3 is 2.85 bits per heavy atom. The fraction of sp³-hybridized carbons (Fsp3) is 1.00. The average Bonchev–Trinajstić information content (AvgIpc) is 2.03. The van der Waals surface area contributed by atoms with Crippen molar-refractivity contribution in [2.24, 2.45) is 0 Å². The zero-order valence-electron chi connectivity index (χ0n) is 8.15. The molecule has 0 saturated carbocycles. The van der Waals surface area contributed by atoms with Crippen LogP contribution in [0.3, 0.4) is 0 Å². The Balaban J connectivity index is 2.19. The van der Waals surface area contributed by atoms with E-state index in [0.29, 0.717) is 6.42 Å². The van der Waals surface area contributed by atoms with E-state index in [1.807, 2.05) is 11.9 Å². The van der Waals surface area contributed by atoms with Gasteiger partial charge in [0.25, 0.3) is 5.92 Å². The van der Waals surface area contributed by atoms with Crippen LogP contribution in [-0.2, 0) is 0 Å². The lowest BCUT2D eigenvalue weighted by molar-refractivity contribution is -0.0639. The van der Waals surface area contributed by atoms with E-state index in [2.05, 4.69) is 5.32 Å². The summed E-state index contributed by atoms with van der Waals surface area (Å²) in [6.07, 6.45) is 1.65. The maximum atomic E-state index is 12.9. The molecule has 0 unspecified atom stereocenters. The molecule has 0 radical (unpaired) electrons. The van der Waals surface area contributed by atoms with E-state index in [1.54, 1.807) is 0 Å². The van der Waals surface area contributed by atoms with Crippen LogP contribution < -0.4 is 5.32 Å². The second-order valence-corrected chi connectivity index (χ2v) is 3.69. The number of rotatable bonds is 4. The second-order valence-electron chi connectivity index (χ2n) is 3.69. The quantitative estimate of drug-likeness (QED) is 0.676. The molecule has 1 N–H and O–H groups in total. The van der Waals surface area contributed by atoms with E-state index in [1.165, 1.54) is 0 Å². The van der Waals surface area contributed by atoms with Gasteiger partial charge in [0, 0.05) is 6.42 Å². The predicted octanol–water partition coefficient (Wildman–Crippen LogP) is 1.33. The van der Waals surface area contributed by atoms with Crippen LogP contribution >= 0.6 is 0 Å². The highest BCUT2D eigenvalue weighted by molar-refractivity contribution is 4.78. The number of nitrogens with zero attached hydrogens (tertiary/aromatic N) is 1. The number of hydrogen-bond acceptors (Lipinski definition) is 2. The van der Waals surface area contributed by atoms with Crippen molar-refractivity contribution in [3.63, 3.8) is 0 Å². The van der Waals surface area contributed by atoms with Crippen LogP contribution in [0.25, 0.3) is 0 Å². The van der Waals surface area contributed by atoms with Gasteiger partial charge in [0.2, 0.25) is 0 Å². The Morgan fingerprint density at radius 2 is 2.23 bits per heavy atom.